The van der Waals surface area contributed by atoms with Gasteiger partial charge in [-0.25, -0.2) is 5.43 Å². The van der Waals surface area contributed by atoms with Crippen molar-refractivity contribution in [3.05, 3.63) is 90.5 Å². The predicted molar refractivity (Wildman–Crippen MR) is 116 cm³/mol. The Morgan fingerprint density at radius 3 is 2.07 bits per heavy atom. The van der Waals surface area contributed by atoms with Gasteiger partial charge in [-0.2, -0.15) is 5.10 Å². The summed E-state index contributed by atoms with van der Waals surface area (Å²) in [6.07, 6.45) is 1.22. The number of hydrazone groups is 1. The van der Waals surface area contributed by atoms with E-state index in [1.807, 2.05) is 67.6 Å². The first-order chi connectivity index (χ1) is 14.8. The molecule has 1 N–H and O–H groups in total. The predicted octanol–water partition coefficient (Wildman–Crippen LogP) is 4.41. The maximum absolute atomic E-state index is 12.7. The summed E-state index contributed by atoms with van der Waals surface area (Å²) in [5.41, 5.74) is 3.24. The fraction of sp³-hybridized carbons (Fsp3) is 0.167. The van der Waals surface area contributed by atoms with Gasteiger partial charge in [-0.1, -0.05) is 55.5 Å². The molecule has 3 aromatic carbocycles. The molecule has 3 rings (SSSR count). The van der Waals surface area contributed by atoms with Crippen molar-refractivity contribution in [2.24, 2.45) is 5.10 Å². The van der Waals surface area contributed by atoms with Crippen molar-refractivity contribution in [3.63, 3.8) is 0 Å². The molecule has 0 aliphatic rings. The van der Waals surface area contributed by atoms with Crippen LogP contribution in [0.3, 0.4) is 0 Å². The molecule has 0 bridgehead atoms. The molecule has 0 saturated carbocycles. The molecule has 0 heterocycles. The zero-order chi connectivity index (χ0) is 21.0. The lowest BCUT2D eigenvalue weighted by molar-refractivity contribution is -0.140. The summed E-state index contributed by atoms with van der Waals surface area (Å²) < 4.78 is 17.1. The maximum Gasteiger partial charge on any atom is 0.323 e. The highest BCUT2D eigenvalue weighted by molar-refractivity contribution is 5.86. The van der Waals surface area contributed by atoms with Gasteiger partial charge >= 0.3 is 12.2 Å². The van der Waals surface area contributed by atoms with E-state index in [1.54, 1.807) is 24.3 Å². The van der Waals surface area contributed by atoms with Gasteiger partial charge in [0, 0.05) is 5.56 Å². The van der Waals surface area contributed by atoms with Crippen molar-refractivity contribution in [2.45, 2.75) is 19.6 Å². The molecule has 0 radical (unpaired) electrons. The van der Waals surface area contributed by atoms with Crippen molar-refractivity contribution < 1.29 is 19.0 Å². The average Bonchev–Trinajstić information content (AvgIpc) is 2.79. The number of ether oxygens (including phenoxy) is 3. The van der Waals surface area contributed by atoms with E-state index in [4.69, 9.17) is 14.2 Å². The number of nitrogens with zero attached hydrogens (tertiary/aromatic N) is 1. The van der Waals surface area contributed by atoms with Crippen molar-refractivity contribution in [2.75, 3.05) is 6.61 Å². The normalized spacial score (nSPS) is 10.7. The standard InChI is InChI=1S/C24H24N2O4/c1-2-17-28-22-16-10-9-11-19(22)18-25-26-23(27)24(29-20-12-5-3-6-13-20)30-21-14-7-4-8-15-21/h3-16,18,24H,2,17H2,1H3,(H,26,27)/b25-18-. The summed E-state index contributed by atoms with van der Waals surface area (Å²) in [4.78, 5) is 12.7. The highest BCUT2D eigenvalue weighted by Gasteiger charge is 2.22. The molecule has 0 fully saturated rings. The summed E-state index contributed by atoms with van der Waals surface area (Å²) in [7, 11) is 0. The second-order valence-corrected chi connectivity index (χ2v) is 6.31. The average molecular weight is 404 g/mol. The number of rotatable bonds is 10. The molecular formula is C24H24N2O4. The lowest BCUT2D eigenvalue weighted by Gasteiger charge is -2.18. The Balaban J connectivity index is 1.69. The van der Waals surface area contributed by atoms with Gasteiger partial charge in [0.05, 0.1) is 12.8 Å². The van der Waals surface area contributed by atoms with Crippen LogP contribution in [-0.2, 0) is 4.79 Å². The number of hydrogen-bond acceptors (Lipinski definition) is 5. The lowest BCUT2D eigenvalue weighted by Crippen LogP contribution is -2.40. The van der Waals surface area contributed by atoms with Crippen LogP contribution >= 0.6 is 0 Å². The van der Waals surface area contributed by atoms with Crippen molar-refractivity contribution in [3.8, 4) is 17.2 Å². The molecule has 154 valence electrons. The number of benzene rings is 3. The number of carbonyl (C=O) groups is 1. The van der Waals surface area contributed by atoms with E-state index in [2.05, 4.69) is 10.5 Å². The smallest absolute Gasteiger partial charge is 0.323 e. The molecule has 0 aliphatic carbocycles. The Bertz CT molecular complexity index is 904. The minimum Gasteiger partial charge on any atom is -0.493 e. The van der Waals surface area contributed by atoms with Crippen LogP contribution in [0.15, 0.2) is 90.0 Å². The van der Waals surface area contributed by atoms with E-state index in [-0.39, 0.29) is 0 Å². The number of para-hydroxylation sites is 3. The van der Waals surface area contributed by atoms with Crippen molar-refractivity contribution in [1.29, 1.82) is 0 Å². The van der Waals surface area contributed by atoms with Crippen LogP contribution in [0.2, 0.25) is 0 Å². The summed E-state index contributed by atoms with van der Waals surface area (Å²) in [6.45, 7) is 2.64. The minimum atomic E-state index is -1.21. The number of hydrogen-bond donors (Lipinski definition) is 1. The first-order valence-corrected chi connectivity index (χ1v) is 9.74. The highest BCUT2D eigenvalue weighted by Crippen LogP contribution is 2.17. The van der Waals surface area contributed by atoms with Gasteiger partial charge in [0.15, 0.2) is 0 Å². The van der Waals surface area contributed by atoms with Gasteiger partial charge in [0.2, 0.25) is 0 Å². The molecule has 0 atom stereocenters. The summed E-state index contributed by atoms with van der Waals surface area (Å²) >= 11 is 0. The first kappa shape index (κ1) is 20.9. The molecular weight excluding hydrogens is 380 g/mol. The third-order valence-corrected chi connectivity index (χ3v) is 3.95. The number of amides is 1. The van der Waals surface area contributed by atoms with Gasteiger partial charge in [0.25, 0.3) is 0 Å². The molecule has 0 unspecified atom stereocenters. The molecule has 6 heteroatoms. The Morgan fingerprint density at radius 2 is 1.47 bits per heavy atom. The topological polar surface area (TPSA) is 69.2 Å². The van der Waals surface area contributed by atoms with Crippen LogP contribution in [0.5, 0.6) is 17.2 Å². The summed E-state index contributed by atoms with van der Waals surface area (Å²) in [5.74, 6) is 1.19. The zero-order valence-corrected chi connectivity index (χ0v) is 16.7. The molecule has 0 spiro atoms. The fourth-order valence-electron chi connectivity index (χ4n) is 2.53. The maximum atomic E-state index is 12.7. The van der Waals surface area contributed by atoms with E-state index in [0.29, 0.717) is 23.9 Å². The lowest BCUT2D eigenvalue weighted by atomic mass is 10.2. The molecule has 1 amide bonds. The first-order valence-electron chi connectivity index (χ1n) is 9.74. The van der Waals surface area contributed by atoms with Crippen LogP contribution in [-0.4, -0.2) is 25.0 Å². The van der Waals surface area contributed by atoms with Crippen LogP contribution in [0.25, 0.3) is 0 Å². The van der Waals surface area contributed by atoms with Crippen molar-refractivity contribution in [1.82, 2.24) is 5.43 Å². The highest BCUT2D eigenvalue weighted by atomic mass is 16.7. The van der Waals surface area contributed by atoms with Crippen LogP contribution < -0.4 is 19.6 Å². The Kier molecular flexibility index (Phi) is 7.85. The fourth-order valence-corrected chi connectivity index (χ4v) is 2.53. The van der Waals surface area contributed by atoms with Crippen LogP contribution in [0, 0.1) is 0 Å². The molecule has 0 aromatic heterocycles. The molecule has 0 saturated heterocycles. The zero-order valence-electron chi connectivity index (χ0n) is 16.7. The van der Waals surface area contributed by atoms with E-state index in [0.717, 1.165) is 12.0 Å². The van der Waals surface area contributed by atoms with Gasteiger partial charge in [-0.05, 0) is 42.8 Å². The van der Waals surface area contributed by atoms with Crippen LogP contribution in [0.4, 0.5) is 0 Å². The molecule has 30 heavy (non-hydrogen) atoms. The monoisotopic (exact) mass is 404 g/mol. The number of carbonyl (C=O) groups excluding carboxylic acids is 1. The van der Waals surface area contributed by atoms with Gasteiger partial charge in [0.1, 0.15) is 17.2 Å². The number of nitrogens with one attached hydrogen (secondary N) is 1. The van der Waals surface area contributed by atoms with Crippen LogP contribution in [0.1, 0.15) is 18.9 Å². The van der Waals surface area contributed by atoms with E-state index in [1.165, 1.54) is 6.21 Å². The molecule has 3 aromatic rings. The third kappa shape index (κ3) is 6.38. The van der Waals surface area contributed by atoms with E-state index >= 15 is 0 Å². The minimum absolute atomic E-state index is 0.510. The van der Waals surface area contributed by atoms with Gasteiger partial charge in [-0.3, -0.25) is 4.79 Å². The summed E-state index contributed by atoms with van der Waals surface area (Å²) in [5, 5.41) is 4.05. The van der Waals surface area contributed by atoms with E-state index < -0.39 is 12.2 Å². The molecule has 6 nitrogen and oxygen atoms in total. The second-order valence-electron chi connectivity index (χ2n) is 6.31. The SMILES string of the molecule is CCCOc1ccccc1/C=N\NC(=O)C(Oc1ccccc1)Oc1ccccc1. The van der Waals surface area contributed by atoms with E-state index in [9.17, 15) is 4.79 Å². The van der Waals surface area contributed by atoms with Crippen molar-refractivity contribution >= 4 is 12.1 Å². The van der Waals surface area contributed by atoms with Gasteiger partial charge in [-0.15, -0.1) is 0 Å². The Morgan fingerprint density at radius 1 is 0.900 bits per heavy atom. The Hall–Kier alpha value is -3.80. The third-order valence-electron chi connectivity index (χ3n) is 3.95. The summed E-state index contributed by atoms with van der Waals surface area (Å²) in [6, 6.07) is 25.5. The van der Waals surface area contributed by atoms with Gasteiger partial charge < -0.3 is 14.2 Å². The second kappa shape index (κ2) is 11.3. The Labute approximate surface area is 176 Å². The quantitative estimate of drug-likeness (QED) is 0.309. The molecule has 0 aliphatic heterocycles. The largest absolute Gasteiger partial charge is 0.493 e.